The monoisotopic (exact) mass is 414 g/mol. The molecule has 28 heavy (non-hydrogen) atoms. The number of rotatable bonds is 11. The van der Waals surface area contributed by atoms with Crippen LogP contribution >= 0.6 is 0 Å². The fraction of sp³-hybridized carbons (Fsp3) is 0.429. The molecule has 0 aliphatic heterocycles. The van der Waals surface area contributed by atoms with Crippen LogP contribution < -0.4 is 39.4 Å². The van der Waals surface area contributed by atoms with Crippen molar-refractivity contribution in [1.29, 1.82) is 0 Å². The van der Waals surface area contributed by atoms with Gasteiger partial charge in [0, 0.05) is 0 Å². The molecule has 0 aromatic heterocycles. The number of hydrogen-bond acceptors (Lipinski definition) is 4. The fourth-order valence-electron chi connectivity index (χ4n) is 2.95. The second kappa shape index (κ2) is 12.5. The fourth-order valence-corrected chi connectivity index (χ4v) is 3.58. The van der Waals surface area contributed by atoms with Crippen LogP contribution in [0.1, 0.15) is 57.4 Å². The van der Waals surface area contributed by atoms with E-state index in [-0.39, 0.29) is 35.3 Å². The first-order valence-electron chi connectivity index (χ1n) is 9.45. The van der Waals surface area contributed by atoms with Crippen molar-refractivity contribution in [2.75, 3.05) is 0 Å². The Kier molecular flexibility index (Phi) is 11.2. The molecule has 0 saturated carbocycles. The van der Waals surface area contributed by atoms with Gasteiger partial charge in [0.05, 0.1) is 0 Å². The van der Waals surface area contributed by atoms with Gasteiger partial charge in [0.1, 0.15) is 16.4 Å². The Morgan fingerprint density at radius 3 is 2.32 bits per heavy atom. The minimum atomic E-state index is -4.54. The van der Waals surface area contributed by atoms with Crippen LogP contribution in [0.4, 0.5) is 0 Å². The standard InChI is InChI=1S/C21H28O5S.Na/c1-2-3-4-5-6-7-8-10-17-11-9-12-19(15-17)26-20-14-13-18(22)16-21(20)27(23,24)25;/h9,11-16,22H,2-8,10H2,1H3,(H,23,24,25);/q;+1/p-1. The maximum atomic E-state index is 11.5. The second-order valence-corrected chi connectivity index (χ2v) is 8.09. The summed E-state index contributed by atoms with van der Waals surface area (Å²) in [6.07, 6.45) is 9.60. The summed E-state index contributed by atoms with van der Waals surface area (Å²) in [5.74, 6) is -0.105. The summed E-state index contributed by atoms with van der Waals surface area (Å²) in [4.78, 5) is -0.521. The predicted octanol–water partition coefficient (Wildman–Crippen LogP) is 2.10. The van der Waals surface area contributed by atoms with Crippen molar-refractivity contribution < 1.29 is 52.4 Å². The first-order chi connectivity index (χ1) is 12.9. The maximum absolute atomic E-state index is 11.5. The Hall–Kier alpha value is -1.05. The van der Waals surface area contributed by atoms with Gasteiger partial charge in [0.25, 0.3) is 10.1 Å². The van der Waals surface area contributed by atoms with Crippen molar-refractivity contribution in [2.45, 2.75) is 63.2 Å². The van der Waals surface area contributed by atoms with Crippen LogP contribution in [0.3, 0.4) is 0 Å². The molecule has 0 spiro atoms. The molecule has 5 nitrogen and oxygen atoms in total. The summed E-state index contributed by atoms with van der Waals surface area (Å²) in [6, 6.07) is 10.7. The number of benzene rings is 2. The van der Waals surface area contributed by atoms with E-state index in [4.69, 9.17) is 4.74 Å². The van der Waals surface area contributed by atoms with Crippen LogP contribution in [-0.2, 0) is 16.5 Å². The summed E-state index contributed by atoms with van der Waals surface area (Å²) < 4.78 is 37.9. The molecule has 0 aliphatic rings. The van der Waals surface area contributed by atoms with E-state index >= 15 is 0 Å². The summed E-state index contributed by atoms with van der Waals surface area (Å²) in [5, 5.41) is 11.4. The molecule has 0 aliphatic carbocycles. The Bertz CT molecular complexity index is 836. The molecule has 148 valence electrons. The minimum Gasteiger partial charge on any atom is -0.872 e. The van der Waals surface area contributed by atoms with Gasteiger partial charge in [-0.15, -0.1) is 5.75 Å². The Morgan fingerprint density at radius 1 is 0.964 bits per heavy atom. The molecule has 0 saturated heterocycles. The normalized spacial score (nSPS) is 11.1. The average Bonchev–Trinajstić information content (AvgIpc) is 2.62. The van der Waals surface area contributed by atoms with Crippen LogP contribution in [0.25, 0.3) is 0 Å². The molecular weight excluding hydrogens is 387 g/mol. The van der Waals surface area contributed by atoms with Crippen molar-refractivity contribution in [2.24, 2.45) is 0 Å². The van der Waals surface area contributed by atoms with Gasteiger partial charge in [0.2, 0.25) is 0 Å². The first-order valence-corrected chi connectivity index (χ1v) is 10.9. The third-order valence-corrected chi connectivity index (χ3v) is 5.26. The molecule has 0 amide bonds. The van der Waals surface area contributed by atoms with Crippen LogP contribution in [-0.4, -0.2) is 13.0 Å². The van der Waals surface area contributed by atoms with Crippen molar-refractivity contribution in [3.63, 3.8) is 0 Å². The van der Waals surface area contributed by atoms with E-state index < -0.39 is 20.8 Å². The largest absolute Gasteiger partial charge is 1.00 e. The molecule has 2 aromatic rings. The number of aryl methyl sites for hydroxylation is 1. The van der Waals surface area contributed by atoms with Crippen LogP contribution in [0.2, 0.25) is 0 Å². The zero-order valence-corrected chi connectivity index (χ0v) is 19.5. The summed E-state index contributed by atoms with van der Waals surface area (Å²) in [6.45, 7) is 2.21. The molecule has 1 N–H and O–H groups in total. The van der Waals surface area contributed by atoms with E-state index in [1.165, 1.54) is 50.7 Å². The van der Waals surface area contributed by atoms with E-state index in [1.807, 2.05) is 18.2 Å². The quantitative estimate of drug-likeness (QED) is 0.346. The van der Waals surface area contributed by atoms with Gasteiger partial charge in [-0.3, -0.25) is 4.55 Å². The van der Waals surface area contributed by atoms with Crippen LogP contribution in [0.15, 0.2) is 47.4 Å². The number of unbranched alkanes of at least 4 members (excludes halogenated alkanes) is 6. The van der Waals surface area contributed by atoms with Gasteiger partial charge < -0.3 is 9.84 Å². The third kappa shape index (κ3) is 8.53. The van der Waals surface area contributed by atoms with Gasteiger partial charge in [0.15, 0.2) is 0 Å². The van der Waals surface area contributed by atoms with E-state index in [2.05, 4.69) is 6.92 Å². The SMILES string of the molecule is CCCCCCCCCc1cccc(Oc2ccc([O-])cc2S(=O)(=O)O)c1.[Na+]. The van der Waals surface area contributed by atoms with E-state index in [0.29, 0.717) is 5.75 Å². The smallest absolute Gasteiger partial charge is 0.872 e. The zero-order chi connectivity index (χ0) is 19.7. The molecule has 0 fully saturated rings. The molecule has 0 atom stereocenters. The molecule has 0 bridgehead atoms. The van der Waals surface area contributed by atoms with E-state index in [9.17, 15) is 18.1 Å². The van der Waals surface area contributed by atoms with E-state index in [1.54, 1.807) is 6.07 Å². The van der Waals surface area contributed by atoms with Crippen LogP contribution in [0.5, 0.6) is 17.2 Å². The summed E-state index contributed by atoms with van der Waals surface area (Å²) in [5.41, 5.74) is 1.11. The van der Waals surface area contributed by atoms with Gasteiger partial charge >= 0.3 is 29.6 Å². The topological polar surface area (TPSA) is 86.7 Å². The molecule has 0 unspecified atom stereocenters. The molecule has 7 heteroatoms. The van der Waals surface area contributed by atoms with Gasteiger partial charge in [-0.25, -0.2) is 0 Å². The number of ether oxygens (including phenoxy) is 1. The van der Waals surface area contributed by atoms with Crippen LogP contribution in [0, 0.1) is 0 Å². The molecule has 0 radical (unpaired) electrons. The Morgan fingerprint density at radius 2 is 1.64 bits per heavy atom. The predicted molar refractivity (Wildman–Crippen MR) is 104 cm³/mol. The van der Waals surface area contributed by atoms with Gasteiger partial charge in [-0.05, 0) is 42.7 Å². The van der Waals surface area contributed by atoms with Crippen molar-refractivity contribution in [3.05, 3.63) is 48.0 Å². The van der Waals surface area contributed by atoms with Gasteiger partial charge in [-0.2, -0.15) is 8.42 Å². The Labute approximate surface area is 190 Å². The van der Waals surface area contributed by atoms with Crippen molar-refractivity contribution in [3.8, 4) is 17.2 Å². The molecular formula is C21H27NaO5S. The minimum absolute atomic E-state index is 0. The average molecular weight is 414 g/mol. The second-order valence-electron chi connectivity index (χ2n) is 6.70. The van der Waals surface area contributed by atoms with Crippen molar-refractivity contribution in [1.82, 2.24) is 0 Å². The zero-order valence-electron chi connectivity index (χ0n) is 16.7. The van der Waals surface area contributed by atoms with Crippen molar-refractivity contribution >= 4 is 10.1 Å². The summed E-state index contributed by atoms with van der Waals surface area (Å²) >= 11 is 0. The first kappa shape index (κ1) is 25.0. The molecule has 2 rings (SSSR count). The van der Waals surface area contributed by atoms with E-state index in [0.717, 1.165) is 24.5 Å². The number of hydrogen-bond donors (Lipinski definition) is 1. The molecule has 0 heterocycles. The van der Waals surface area contributed by atoms with Gasteiger partial charge in [-0.1, -0.05) is 63.6 Å². The Balaban J connectivity index is 0.00000392. The maximum Gasteiger partial charge on any atom is 1.00 e. The molecule has 2 aromatic carbocycles. The summed E-state index contributed by atoms with van der Waals surface area (Å²) in [7, 11) is -4.54. The third-order valence-electron chi connectivity index (χ3n) is 4.39.